The summed E-state index contributed by atoms with van der Waals surface area (Å²) in [6.45, 7) is 7.62. The molecule has 0 radical (unpaired) electrons. The quantitative estimate of drug-likeness (QED) is 0.912. The summed E-state index contributed by atoms with van der Waals surface area (Å²) in [4.78, 5) is 26.9. The van der Waals surface area contributed by atoms with Crippen molar-refractivity contribution in [3.8, 4) is 5.75 Å². The highest BCUT2D eigenvalue weighted by molar-refractivity contribution is 5.76. The minimum Gasteiger partial charge on any atom is -0.496 e. The molecule has 1 fully saturated rings. The van der Waals surface area contributed by atoms with Crippen LogP contribution in [0.3, 0.4) is 0 Å². The molecule has 1 aromatic carbocycles. The molecule has 2 rings (SSSR count). The zero-order valence-electron chi connectivity index (χ0n) is 14.1. The molecule has 1 saturated heterocycles. The zero-order valence-corrected chi connectivity index (χ0v) is 14.1. The van der Waals surface area contributed by atoms with Gasteiger partial charge in [0.05, 0.1) is 7.11 Å². The van der Waals surface area contributed by atoms with E-state index >= 15 is 0 Å². The molecule has 1 aliphatic rings. The van der Waals surface area contributed by atoms with Crippen LogP contribution in [-0.2, 0) is 9.59 Å². The van der Waals surface area contributed by atoms with Crippen LogP contribution >= 0.6 is 0 Å². The van der Waals surface area contributed by atoms with Crippen LogP contribution in [0.5, 0.6) is 5.75 Å². The maximum atomic E-state index is 11.8. The van der Waals surface area contributed by atoms with Crippen molar-refractivity contribution < 1.29 is 19.4 Å². The summed E-state index contributed by atoms with van der Waals surface area (Å²) in [6, 6.07) is 3.05. The molecule has 126 valence electrons. The third-order valence-electron chi connectivity index (χ3n) is 4.36. The van der Waals surface area contributed by atoms with Gasteiger partial charge in [-0.25, -0.2) is 0 Å². The number of aliphatic carboxylic acids is 1. The van der Waals surface area contributed by atoms with E-state index in [0.29, 0.717) is 26.2 Å². The van der Waals surface area contributed by atoms with Crippen LogP contribution in [0, 0.1) is 13.8 Å². The Balaban J connectivity index is 2.26. The largest absolute Gasteiger partial charge is 0.496 e. The fourth-order valence-corrected chi connectivity index (χ4v) is 3.27. The Morgan fingerprint density at radius 2 is 1.65 bits per heavy atom. The summed E-state index contributed by atoms with van der Waals surface area (Å²) >= 11 is 0. The number of carboxylic acid groups (broad SMARTS) is 1. The number of aryl methyl sites for hydroxylation is 2. The number of benzene rings is 1. The summed E-state index contributed by atoms with van der Waals surface area (Å²) < 4.78 is 5.35. The van der Waals surface area contributed by atoms with Gasteiger partial charge in [-0.15, -0.1) is 0 Å². The van der Waals surface area contributed by atoms with Crippen molar-refractivity contribution in [3.05, 3.63) is 28.8 Å². The summed E-state index contributed by atoms with van der Waals surface area (Å²) in [5.41, 5.74) is 2.61. The molecule has 6 nitrogen and oxygen atoms in total. The molecule has 0 aromatic heterocycles. The van der Waals surface area contributed by atoms with Crippen molar-refractivity contribution in [2.24, 2.45) is 0 Å². The topological polar surface area (TPSA) is 70.1 Å². The molecule has 6 heteroatoms. The van der Waals surface area contributed by atoms with Gasteiger partial charge in [0, 0.05) is 33.1 Å². The Hall–Kier alpha value is -2.08. The van der Waals surface area contributed by atoms with E-state index in [2.05, 4.69) is 0 Å². The molecule has 1 aromatic rings. The number of ether oxygens (including phenoxy) is 1. The number of hydrogen-bond acceptors (Lipinski definition) is 4. The molecule has 0 aliphatic carbocycles. The average molecular weight is 320 g/mol. The fourth-order valence-electron chi connectivity index (χ4n) is 3.27. The van der Waals surface area contributed by atoms with Crippen LogP contribution < -0.4 is 4.74 Å². The van der Waals surface area contributed by atoms with Crippen LogP contribution in [0.4, 0.5) is 0 Å². The van der Waals surface area contributed by atoms with Crippen molar-refractivity contribution in [3.63, 3.8) is 0 Å². The van der Waals surface area contributed by atoms with Gasteiger partial charge in [0.25, 0.3) is 0 Å². The van der Waals surface area contributed by atoms with Crippen molar-refractivity contribution in [1.82, 2.24) is 9.80 Å². The number of carboxylic acids is 1. The maximum Gasteiger partial charge on any atom is 0.325 e. The number of carbonyl (C=O) groups is 2. The van der Waals surface area contributed by atoms with Crippen LogP contribution in [-0.4, -0.2) is 60.1 Å². The highest BCUT2D eigenvalue weighted by Gasteiger charge is 2.31. The van der Waals surface area contributed by atoms with E-state index in [4.69, 9.17) is 4.74 Å². The van der Waals surface area contributed by atoms with Crippen LogP contribution in [0.25, 0.3) is 0 Å². The lowest BCUT2D eigenvalue weighted by molar-refractivity contribution is -0.145. The molecule has 0 saturated carbocycles. The summed E-state index contributed by atoms with van der Waals surface area (Å²) in [6.07, 6.45) is 0. The number of carbonyl (C=O) groups excluding carboxylic acids is 1. The van der Waals surface area contributed by atoms with Gasteiger partial charge in [0.2, 0.25) is 5.91 Å². The van der Waals surface area contributed by atoms with Gasteiger partial charge >= 0.3 is 5.97 Å². The van der Waals surface area contributed by atoms with Crippen molar-refractivity contribution >= 4 is 11.9 Å². The standard InChI is InChI=1S/C17H24N2O4/c1-11-9-14(10-12(2)16(11)23-4)15(17(21)22)19-7-5-18(6-8-19)13(3)20/h9-10,15H,5-8H2,1-4H3,(H,21,22). The monoisotopic (exact) mass is 320 g/mol. The maximum absolute atomic E-state index is 11.8. The summed E-state index contributed by atoms with van der Waals surface area (Å²) in [5, 5.41) is 9.71. The lowest BCUT2D eigenvalue weighted by Gasteiger charge is -2.37. The molecule has 1 aliphatic heterocycles. The van der Waals surface area contributed by atoms with Gasteiger partial charge in [-0.1, -0.05) is 12.1 Å². The van der Waals surface area contributed by atoms with E-state index in [0.717, 1.165) is 22.4 Å². The van der Waals surface area contributed by atoms with E-state index < -0.39 is 12.0 Å². The number of rotatable bonds is 4. The third-order valence-corrected chi connectivity index (χ3v) is 4.36. The minimum atomic E-state index is -0.870. The van der Waals surface area contributed by atoms with Gasteiger partial charge in [-0.05, 0) is 30.5 Å². The van der Waals surface area contributed by atoms with Crippen molar-refractivity contribution in [1.29, 1.82) is 0 Å². The van der Waals surface area contributed by atoms with Gasteiger partial charge in [-0.2, -0.15) is 0 Å². The van der Waals surface area contributed by atoms with Crippen molar-refractivity contribution in [2.75, 3.05) is 33.3 Å². The summed E-state index contributed by atoms with van der Waals surface area (Å²) in [7, 11) is 1.62. The second-order valence-electron chi connectivity index (χ2n) is 5.97. The number of piperazine rings is 1. The highest BCUT2D eigenvalue weighted by Crippen LogP contribution is 2.30. The lowest BCUT2D eigenvalue weighted by atomic mass is 9.98. The Kier molecular flexibility index (Phi) is 5.26. The van der Waals surface area contributed by atoms with Crippen LogP contribution in [0.2, 0.25) is 0 Å². The van der Waals surface area contributed by atoms with E-state index in [-0.39, 0.29) is 5.91 Å². The molecule has 1 unspecified atom stereocenters. The first kappa shape index (κ1) is 17.3. The van der Waals surface area contributed by atoms with Gasteiger partial charge in [-0.3, -0.25) is 14.5 Å². The lowest BCUT2D eigenvalue weighted by Crippen LogP contribution is -2.50. The predicted molar refractivity (Wildman–Crippen MR) is 86.7 cm³/mol. The second-order valence-corrected chi connectivity index (χ2v) is 5.97. The first-order valence-corrected chi connectivity index (χ1v) is 7.72. The number of nitrogens with zero attached hydrogens (tertiary/aromatic N) is 2. The first-order valence-electron chi connectivity index (χ1n) is 7.72. The molecule has 1 atom stereocenters. The Labute approximate surface area is 136 Å². The summed E-state index contributed by atoms with van der Waals surface area (Å²) in [5.74, 6) is -0.0443. The van der Waals surface area contributed by atoms with E-state index in [1.807, 2.05) is 30.9 Å². The minimum absolute atomic E-state index is 0.0349. The van der Waals surface area contributed by atoms with Crippen molar-refractivity contribution in [2.45, 2.75) is 26.8 Å². The molecule has 0 bridgehead atoms. The fraction of sp³-hybridized carbons (Fsp3) is 0.529. The van der Waals surface area contributed by atoms with Crippen LogP contribution in [0.1, 0.15) is 29.7 Å². The SMILES string of the molecule is COc1c(C)cc(C(C(=O)O)N2CCN(C(C)=O)CC2)cc1C. The number of methoxy groups -OCH3 is 1. The van der Waals surface area contributed by atoms with Gasteiger partial charge in [0.1, 0.15) is 11.8 Å². The molecule has 23 heavy (non-hydrogen) atoms. The van der Waals surface area contributed by atoms with E-state index in [9.17, 15) is 14.7 Å². The molecule has 0 spiro atoms. The predicted octanol–water partition coefficient (Wildman–Crippen LogP) is 1.60. The molecular weight excluding hydrogens is 296 g/mol. The average Bonchev–Trinajstić information content (AvgIpc) is 2.47. The Morgan fingerprint density at radius 3 is 2.04 bits per heavy atom. The third kappa shape index (κ3) is 3.64. The zero-order chi connectivity index (χ0) is 17.1. The molecular formula is C17H24N2O4. The Morgan fingerprint density at radius 1 is 1.13 bits per heavy atom. The molecule has 1 N–H and O–H groups in total. The van der Waals surface area contributed by atoms with E-state index in [1.165, 1.54) is 0 Å². The van der Waals surface area contributed by atoms with Crippen LogP contribution in [0.15, 0.2) is 12.1 Å². The molecule has 1 heterocycles. The smallest absolute Gasteiger partial charge is 0.325 e. The second kappa shape index (κ2) is 7.00. The first-order chi connectivity index (χ1) is 10.8. The highest BCUT2D eigenvalue weighted by atomic mass is 16.5. The number of hydrogen-bond donors (Lipinski definition) is 1. The molecule has 1 amide bonds. The van der Waals surface area contributed by atoms with Gasteiger partial charge in [0.15, 0.2) is 0 Å². The normalized spacial score (nSPS) is 17.0. The van der Waals surface area contributed by atoms with E-state index in [1.54, 1.807) is 18.9 Å². The van der Waals surface area contributed by atoms with Gasteiger partial charge < -0.3 is 14.7 Å². The number of amides is 1. The Bertz CT molecular complexity index is 584.